The first-order chi connectivity index (χ1) is 9.83. The number of nitrogens with two attached hydrogens (primary N) is 1. The molecule has 0 saturated heterocycles. The topological polar surface area (TPSA) is 55.5 Å². The van der Waals surface area contributed by atoms with Crippen molar-refractivity contribution in [2.45, 2.75) is 39.3 Å². The van der Waals surface area contributed by atoms with E-state index in [9.17, 15) is 5.11 Å². The molecule has 114 valence electrons. The number of ether oxygens (including phenoxy) is 1. The van der Waals surface area contributed by atoms with E-state index in [2.05, 4.69) is 6.07 Å². The Balaban J connectivity index is 2.42. The van der Waals surface area contributed by atoms with Gasteiger partial charge in [0.15, 0.2) is 0 Å². The molecule has 0 aliphatic heterocycles. The Morgan fingerprint density at radius 1 is 1.14 bits per heavy atom. The Bertz CT molecular complexity index is 618. The molecular formula is C18H25NO2. The van der Waals surface area contributed by atoms with Gasteiger partial charge in [-0.15, -0.1) is 0 Å². The van der Waals surface area contributed by atoms with Crippen LogP contribution in [-0.4, -0.2) is 17.3 Å². The summed E-state index contributed by atoms with van der Waals surface area (Å²) in [5.74, 6) is 0.898. The van der Waals surface area contributed by atoms with Crippen LogP contribution >= 0.6 is 0 Å². The third kappa shape index (κ3) is 3.36. The van der Waals surface area contributed by atoms with Gasteiger partial charge in [-0.2, -0.15) is 0 Å². The standard InChI is InChI=1S/C18H25NO2/c1-12(2)18(4,20)11-21-17-15(13(3)19)10-9-14-7-5-6-8-16(14)17/h5-10,12-13,20H,11,19H2,1-4H3/t13-,18?/m0/s1. The highest BCUT2D eigenvalue weighted by Gasteiger charge is 2.26. The maximum absolute atomic E-state index is 10.4. The maximum Gasteiger partial charge on any atom is 0.132 e. The SMILES string of the molecule is CC(C)C(C)(O)COc1c([C@H](C)N)ccc2ccccc12. The molecule has 0 bridgehead atoms. The molecule has 0 aromatic heterocycles. The van der Waals surface area contributed by atoms with Crippen LogP contribution in [0.4, 0.5) is 0 Å². The molecule has 3 heteroatoms. The Kier molecular flexibility index (Phi) is 4.55. The van der Waals surface area contributed by atoms with Crippen molar-refractivity contribution in [2.24, 2.45) is 11.7 Å². The molecule has 2 aromatic carbocycles. The molecule has 0 aliphatic rings. The van der Waals surface area contributed by atoms with Crippen LogP contribution in [0.2, 0.25) is 0 Å². The molecule has 0 heterocycles. The highest BCUT2D eigenvalue weighted by atomic mass is 16.5. The summed E-state index contributed by atoms with van der Waals surface area (Å²) in [6, 6.07) is 12.0. The highest BCUT2D eigenvalue weighted by Crippen LogP contribution is 2.34. The van der Waals surface area contributed by atoms with Gasteiger partial charge in [0.2, 0.25) is 0 Å². The van der Waals surface area contributed by atoms with E-state index >= 15 is 0 Å². The molecule has 2 rings (SSSR count). The lowest BCUT2D eigenvalue weighted by atomic mass is 9.93. The average molecular weight is 287 g/mol. The first-order valence-corrected chi connectivity index (χ1v) is 7.45. The summed E-state index contributed by atoms with van der Waals surface area (Å²) >= 11 is 0. The normalized spacial score (nSPS) is 16.0. The molecule has 2 aromatic rings. The van der Waals surface area contributed by atoms with Crippen molar-refractivity contribution >= 4 is 10.8 Å². The van der Waals surface area contributed by atoms with Gasteiger partial charge in [-0.25, -0.2) is 0 Å². The molecule has 3 nitrogen and oxygen atoms in total. The fourth-order valence-electron chi connectivity index (χ4n) is 2.16. The largest absolute Gasteiger partial charge is 0.490 e. The van der Waals surface area contributed by atoms with Gasteiger partial charge >= 0.3 is 0 Å². The summed E-state index contributed by atoms with van der Waals surface area (Å²) < 4.78 is 6.01. The lowest BCUT2D eigenvalue weighted by Gasteiger charge is -2.28. The predicted octanol–water partition coefficient (Wildman–Crippen LogP) is 3.65. The van der Waals surface area contributed by atoms with Crippen LogP contribution in [0.1, 0.15) is 39.3 Å². The molecule has 1 unspecified atom stereocenters. The van der Waals surface area contributed by atoms with Gasteiger partial charge in [0, 0.05) is 17.0 Å². The van der Waals surface area contributed by atoms with Crippen LogP contribution in [-0.2, 0) is 0 Å². The van der Waals surface area contributed by atoms with E-state index in [-0.39, 0.29) is 18.6 Å². The summed E-state index contributed by atoms with van der Waals surface area (Å²) in [6.07, 6.45) is 0. The van der Waals surface area contributed by atoms with Crippen LogP contribution < -0.4 is 10.5 Å². The Hall–Kier alpha value is -1.58. The number of hydrogen-bond acceptors (Lipinski definition) is 3. The Morgan fingerprint density at radius 3 is 2.43 bits per heavy atom. The van der Waals surface area contributed by atoms with E-state index in [4.69, 9.17) is 10.5 Å². The third-order valence-electron chi connectivity index (χ3n) is 4.15. The van der Waals surface area contributed by atoms with E-state index in [0.29, 0.717) is 0 Å². The number of rotatable bonds is 5. The van der Waals surface area contributed by atoms with Crippen molar-refractivity contribution in [3.05, 3.63) is 42.0 Å². The van der Waals surface area contributed by atoms with Gasteiger partial charge < -0.3 is 15.6 Å². The van der Waals surface area contributed by atoms with Gasteiger partial charge in [-0.05, 0) is 25.2 Å². The van der Waals surface area contributed by atoms with Crippen molar-refractivity contribution in [2.75, 3.05) is 6.61 Å². The quantitative estimate of drug-likeness (QED) is 0.882. The van der Waals surface area contributed by atoms with Crippen molar-refractivity contribution in [3.8, 4) is 5.75 Å². The van der Waals surface area contributed by atoms with E-state index in [0.717, 1.165) is 22.1 Å². The van der Waals surface area contributed by atoms with E-state index in [1.54, 1.807) is 6.92 Å². The second-order valence-corrected chi connectivity index (χ2v) is 6.29. The van der Waals surface area contributed by atoms with E-state index in [1.165, 1.54) is 0 Å². The third-order valence-corrected chi connectivity index (χ3v) is 4.15. The average Bonchev–Trinajstić information content (AvgIpc) is 2.44. The summed E-state index contributed by atoms with van der Waals surface area (Å²) in [5.41, 5.74) is 6.16. The van der Waals surface area contributed by atoms with Gasteiger partial charge in [-0.3, -0.25) is 0 Å². The van der Waals surface area contributed by atoms with Crippen LogP contribution in [0.25, 0.3) is 10.8 Å². The van der Waals surface area contributed by atoms with Crippen LogP contribution in [0, 0.1) is 5.92 Å². The van der Waals surface area contributed by atoms with Crippen LogP contribution in [0.15, 0.2) is 36.4 Å². The summed E-state index contributed by atoms with van der Waals surface area (Å²) in [6.45, 7) is 7.96. The lowest BCUT2D eigenvalue weighted by molar-refractivity contribution is -0.0265. The zero-order chi connectivity index (χ0) is 15.6. The summed E-state index contributed by atoms with van der Waals surface area (Å²) in [4.78, 5) is 0. The fraction of sp³-hybridized carbons (Fsp3) is 0.444. The Morgan fingerprint density at radius 2 is 1.81 bits per heavy atom. The summed E-state index contributed by atoms with van der Waals surface area (Å²) in [5, 5.41) is 12.5. The monoisotopic (exact) mass is 287 g/mol. The number of hydrogen-bond donors (Lipinski definition) is 2. The maximum atomic E-state index is 10.4. The van der Waals surface area contributed by atoms with Gasteiger partial charge in [0.1, 0.15) is 12.4 Å². The zero-order valence-corrected chi connectivity index (χ0v) is 13.3. The van der Waals surface area contributed by atoms with Gasteiger partial charge in [0.25, 0.3) is 0 Å². The lowest BCUT2D eigenvalue weighted by Crippen LogP contribution is -2.38. The highest BCUT2D eigenvalue weighted by molar-refractivity contribution is 5.89. The molecule has 3 N–H and O–H groups in total. The minimum Gasteiger partial charge on any atom is -0.490 e. The first-order valence-electron chi connectivity index (χ1n) is 7.45. The van der Waals surface area contributed by atoms with E-state index in [1.807, 2.05) is 51.1 Å². The van der Waals surface area contributed by atoms with Gasteiger partial charge in [0.05, 0.1) is 5.60 Å². The number of fused-ring (bicyclic) bond motifs is 1. The second-order valence-electron chi connectivity index (χ2n) is 6.29. The van der Waals surface area contributed by atoms with Gasteiger partial charge in [-0.1, -0.05) is 50.2 Å². The molecule has 0 amide bonds. The summed E-state index contributed by atoms with van der Waals surface area (Å²) in [7, 11) is 0. The van der Waals surface area contributed by atoms with Crippen molar-refractivity contribution in [3.63, 3.8) is 0 Å². The van der Waals surface area contributed by atoms with Crippen molar-refractivity contribution in [1.29, 1.82) is 0 Å². The first kappa shape index (κ1) is 15.8. The Labute approximate surface area is 126 Å². The second kappa shape index (κ2) is 6.04. The molecule has 0 aliphatic carbocycles. The number of aliphatic hydroxyl groups is 1. The molecule has 21 heavy (non-hydrogen) atoms. The molecule has 0 fully saturated rings. The van der Waals surface area contributed by atoms with E-state index < -0.39 is 5.60 Å². The van der Waals surface area contributed by atoms with Crippen molar-refractivity contribution in [1.82, 2.24) is 0 Å². The fourth-order valence-corrected chi connectivity index (χ4v) is 2.16. The minimum absolute atomic E-state index is 0.117. The molecule has 0 radical (unpaired) electrons. The predicted molar refractivity (Wildman–Crippen MR) is 87.5 cm³/mol. The smallest absolute Gasteiger partial charge is 0.132 e. The molecule has 0 spiro atoms. The number of benzene rings is 2. The van der Waals surface area contributed by atoms with Crippen LogP contribution in [0.3, 0.4) is 0 Å². The minimum atomic E-state index is -0.869. The molecular weight excluding hydrogens is 262 g/mol. The van der Waals surface area contributed by atoms with Crippen LogP contribution in [0.5, 0.6) is 5.75 Å². The van der Waals surface area contributed by atoms with Crippen molar-refractivity contribution < 1.29 is 9.84 Å². The zero-order valence-electron chi connectivity index (χ0n) is 13.3. The molecule has 2 atom stereocenters. The molecule has 0 saturated carbocycles.